The summed E-state index contributed by atoms with van der Waals surface area (Å²) in [5.74, 6) is 3.49. The zero-order chi connectivity index (χ0) is 20.1. The van der Waals surface area contributed by atoms with Gasteiger partial charge in [0.2, 0.25) is 0 Å². The third-order valence-corrected chi connectivity index (χ3v) is 6.61. The lowest BCUT2D eigenvalue weighted by molar-refractivity contribution is 0.351. The monoisotopic (exact) mass is 388 g/mol. The van der Waals surface area contributed by atoms with E-state index in [1.807, 2.05) is 30.3 Å². The zero-order valence-corrected chi connectivity index (χ0v) is 17.6. The lowest BCUT2D eigenvalue weighted by atomic mass is 9.91. The van der Waals surface area contributed by atoms with Crippen LogP contribution in [0.15, 0.2) is 84.5 Å². The van der Waals surface area contributed by atoms with Gasteiger partial charge in [0, 0.05) is 26.7 Å². The second-order valence-corrected chi connectivity index (χ2v) is 9.07. The molecule has 4 atom stereocenters. The first-order valence-corrected chi connectivity index (χ1v) is 11.1. The Kier molecular flexibility index (Phi) is 6.51. The minimum atomic E-state index is 0. The number of likely N-dealkylation sites (tertiary alicyclic amines) is 1. The van der Waals surface area contributed by atoms with E-state index in [2.05, 4.69) is 60.4 Å². The van der Waals surface area contributed by atoms with Crippen molar-refractivity contribution in [3.8, 4) is 0 Å². The number of anilines is 1. The molecular weight excluding hydrogens is 352 g/mol. The number of nitrogens with two attached hydrogens (primary N) is 1. The summed E-state index contributed by atoms with van der Waals surface area (Å²) in [7, 11) is 0. The molecule has 0 spiro atoms. The first-order valence-electron chi connectivity index (χ1n) is 11.1. The molecule has 2 aromatic carbocycles. The summed E-state index contributed by atoms with van der Waals surface area (Å²) < 4.78 is 0. The van der Waals surface area contributed by atoms with E-state index in [1.54, 1.807) is 5.57 Å². The topological polar surface area (TPSA) is 29.3 Å². The second-order valence-electron chi connectivity index (χ2n) is 9.07. The maximum atomic E-state index is 5.36. The molecule has 154 valence electrons. The van der Waals surface area contributed by atoms with Crippen LogP contribution < -0.4 is 5.73 Å². The van der Waals surface area contributed by atoms with Gasteiger partial charge in [-0.15, -0.1) is 0 Å². The molecule has 5 rings (SSSR count). The van der Waals surface area contributed by atoms with Crippen molar-refractivity contribution in [1.82, 2.24) is 4.90 Å². The Morgan fingerprint density at radius 1 is 1.00 bits per heavy atom. The van der Waals surface area contributed by atoms with Gasteiger partial charge in [-0.2, -0.15) is 0 Å². The van der Waals surface area contributed by atoms with E-state index in [-0.39, 0.29) is 1.43 Å². The van der Waals surface area contributed by atoms with Gasteiger partial charge in [0.15, 0.2) is 0 Å². The van der Waals surface area contributed by atoms with Crippen LogP contribution in [0.5, 0.6) is 0 Å². The summed E-state index contributed by atoms with van der Waals surface area (Å²) in [6.07, 6.45) is 11.3. The molecule has 1 saturated carbocycles. The Balaban J connectivity index is 0.000000274. The lowest BCUT2D eigenvalue weighted by Crippen LogP contribution is -2.23. The first kappa shape index (κ1) is 20.0. The number of rotatable bonds is 4. The van der Waals surface area contributed by atoms with Gasteiger partial charge in [0.25, 0.3) is 0 Å². The number of para-hydroxylation sites is 1. The number of allylic oxidation sites excluding steroid dienone is 2. The first-order chi connectivity index (χ1) is 14.2. The van der Waals surface area contributed by atoms with E-state index >= 15 is 0 Å². The van der Waals surface area contributed by atoms with Crippen LogP contribution in [-0.4, -0.2) is 24.5 Å². The van der Waals surface area contributed by atoms with E-state index in [4.69, 9.17) is 5.73 Å². The normalized spacial score (nSPS) is 28.0. The van der Waals surface area contributed by atoms with Crippen LogP contribution in [0.3, 0.4) is 0 Å². The van der Waals surface area contributed by atoms with Crippen LogP contribution in [0.2, 0.25) is 0 Å². The van der Waals surface area contributed by atoms with Gasteiger partial charge in [0.05, 0.1) is 0 Å². The highest BCUT2D eigenvalue weighted by Crippen LogP contribution is 2.44. The number of nitrogen functional groups attached to an aromatic ring is 1. The fourth-order valence-corrected chi connectivity index (χ4v) is 4.68. The van der Waals surface area contributed by atoms with E-state index in [0.29, 0.717) is 0 Å². The highest BCUT2D eigenvalue weighted by atomic mass is 15.1. The summed E-state index contributed by atoms with van der Waals surface area (Å²) in [5, 5.41) is 0. The molecule has 1 heterocycles. The smallest absolute Gasteiger partial charge is 0.0313 e. The molecule has 3 aliphatic rings. The fourth-order valence-electron chi connectivity index (χ4n) is 4.68. The molecule has 1 saturated heterocycles. The van der Waals surface area contributed by atoms with E-state index in [0.717, 1.165) is 35.9 Å². The Bertz CT molecular complexity index is 830. The standard InChI is InChI=1S/C21H27N.C6H7N.H2/c1-16-13-22(14-18-7-9-19-12-20(19)10-8-18)15-21(16)11-17-5-3-2-4-6-17;7-6-4-2-1-3-5-6;/h2-9,16,19-21H,10-15H2,1H3;1-5H,7H2;1H/t16-,19?,20?,21-;;/m0../s1. The van der Waals surface area contributed by atoms with Gasteiger partial charge in [-0.3, -0.25) is 4.90 Å². The number of hydrogen-bond donors (Lipinski definition) is 1. The number of hydrogen-bond acceptors (Lipinski definition) is 2. The van der Waals surface area contributed by atoms with Gasteiger partial charge >= 0.3 is 0 Å². The average Bonchev–Trinajstić information content (AvgIpc) is 3.43. The average molecular weight is 389 g/mol. The van der Waals surface area contributed by atoms with Gasteiger partial charge in [-0.1, -0.05) is 73.7 Å². The van der Waals surface area contributed by atoms with Crippen LogP contribution >= 0.6 is 0 Å². The third-order valence-electron chi connectivity index (χ3n) is 6.61. The van der Waals surface area contributed by atoms with Gasteiger partial charge in [0.1, 0.15) is 0 Å². The van der Waals surface area contributed by atoms with Crippen LogP contribution in [-0.2, 0) is 6.42 Å². The Morgan fingerprint density at radius 3 is 2.41 bits per heavy atom. The van der Waals surface area contributed by atoms with Crippen molar-refractivity contribution in [2.24, 2.45) is 23.7 Å². The van der Waals surface area contributed by atoms with E-state index in [1.165, 1.54) is 37.9 Å². The van der Waals surface area contributed by atoms with Crippen molar-refractivity contribution in [3.05, 3.63) is 90.0 Å². The Morgan fingerprint density at radius 2 is 1.72 bits per heavy atom. The molecule has 2 aliphatic carbocycles. The predicted octanol–water partition coefficient (Wildman–Crippen LogP) is 5.83. The molecule has 0 bridgehead atoms. The summed E-state index contributed by atoms with van der Waals surface area (Å²) in [5.41, 5.74) is 9.23. The number of benzene rings is 2. The van der Waals surface area contributed by atoms with Crippen molar-refractivity contribution in [2.45, 2.75) is 26.2 Å². The molecule has 0 radical (unpaired) electrons. The van der Waals surface area contributed by atoms with Gasteiger partial charge in [-0.25, -0.2) is 0 Å². The summed E-state index contributed by atoms with van der Waals surface area (Å²) in [6, 6.07) is 20.5. The second kappa shape index (κ2) is 9.45. The zero-order valence-electron chi connectivity index (χ0n) is 17.6. The van der Waals surface area contributed by atoms with Gasteiger partial charge < -0.3 is 5.73 Å². The predicted molar refractivity (Wildman–Crippen MR) is 126 cm³/mol. The molecule has 0 aromatic heterocycles. The van der Waals surface area contributed by atoms with Crippen molar-refractivity contribution in [3.63, 3.8) is 0 Å². The van der Waals surface area contributed by atoms with Crippen LogP contribution in [0.1, 0.15) is 26.8 Å². The quantitative estimate of drug-likeness (QED) is 0.667. The summed E-state index contributed by atoms with van der Waals surface area (Å²) in [6.45, 7) is 6.11. The van der Waals surface area contributed by atoms with Gasteiger partial charge in [-0.05, 0) is 66.2 Å². The van der Waals surface area contributed by atoms with Crippen molar-refractivity contribution < 1.29 is 1.43 Å². The molecular formula is C27H36N2. The number of fused-ring (bicyclic) bond motifs is 1. The molecule has 2 fully saturated rings. The van der Waals surface area contributed by atoms with E-state index < -0.39 is 0 Å². The van der Waals surface area contributed by atoms with Crippen LogP contribution in [0.25, 0.3) is 0 Å². The maximum absolute atomic E-state index is 5.36. The maximum Gasteiger partial charge on any atom is 0.0313 e. The minimum Gasteiger partial charge on any atom is -0.399 e. The van der Waals surface area contributed by atoms with E-state index in [9.17, 15) is 0 Å². The molecule has 2 heteroatoms. The molecule has 2 nitrogen and oxygen atoms in total. The summed E-state index contributed by atoms with van der Waals surface area (Å²) >= 11 is 0. The molecule has 2 unspecified atom stereocenters. The molecule has 0 amide bonds. The molecule has 29 heavy (non-hydrogen) atoms. The fraction of sp³-hybridized carbons (Fsp3) is 0.407. The highest BCUT2D eigenvalue weighted by Gasteiger charge is 2.35. The minimum absolute atomic E-state index is 0. The van der Waals surface area contributed by atoms with Crippen LogP contribution in [0, 0.1) is 23.7 Å². The Labute approximate surface area is 177 Å². The lowest BCUT2D eigenvalue weighted by Gasteiger charge is -2.17. The van der Waals surface area contributed by atoms with Crippen molar-refractivity contribution in [1.29, 1.82) is 0 Å². The number of nitrogens with zero attached hydrogens (tertiary/aromatic N) is 1. The highest BCUT2D eigenvalue weighted by molar-refractivity contribution is 5.35. The molecule has 2 aromatic rings. The molecule has 1 aliphatic heterocycles. The largest absolute Gasteiger partial charge is 0.399 e. The summed E-state index contributed by atoms with van der Waals surface area (Å²) in [4.78, 5) is 2.67. The SMILES string of the molecule is C[C@H]1CN(CC2=CCC3CC3C=C2)C[C@@H]1Cc1ccccc1.Nc1ccccc1.[HH]. The van der Waals surface area contributed by atoms with Crippen molar-refractivity contribution in [2.75, 3.05) is 25.4 Å². The molecule has 2 N–H and O–H groups in total. The van der Waals surface area contributed by atoms with Crippen molar-refractivity contribution >= 4 is 5.69 Å². The van der Waals surface area contributed by atoms with Crippen LogP contribution in [0.4, 0.5) is 5.69 Å². The third kappa shape index (κ3) is 5.83. The Hall–Kier alpha value is -2.32.